The van der Waals surface area contributed by atoms with Crippen molar-refractivity contribution in [2.24, 2.45) is 0 Å². The van der Waals surface area contributed by atoms with Gasteiger partial charge in [-0.2, -0.15) is 0 Å². The highest BCUT2D eigenvalue weighted by molar-refractivity contribution is 5.72. The Morgan fingerprint density at radius 1 is 1.07 bits per heavy atom. The van der Waals surface area contributed by atoms with Gasteiger partial charge in [0.15, 0.2) is 5.58 Å². The highest BCUT2D eigenvalue weighted by atomic mass is 16.5. The Morgan fingerprint density at radius 3 is 2.60 bits per heavy atom. The van der Waals surface area contributed by atoms with E-state index in [-0.39, 0.29) is 0 Å². The minimum Gasteiger partial charge on any atom is -0.491 e. The number of hydrogen-bond acceptors (Lipinski definition) is 6. The first kappa shape index (κ1) is 20.8. The average Bonchev–Trinajstić information content (AvgIpc) is 3.16. The molecule has 6 heteroatoms. The SMILES string of the molecule is CN(Cc1ccc(OC[C@@H](O)CN2CCCCC2)cc1)Cc1nc2ccccc2o1. The summed E-state index contributed by atoms with van der Waals surface area (Å²) in [6, 6.07) is 15.9. The van der Waals surface area contributed by atoms with E-state index in [1.807, 2.05) is 36.4 Å². The fourth-order valence-corrected chi connectivity index (χ4v) is 3.96. The van der Waals surface area contributed by atoms with Crippen molar-refractivity contribution in [2.45, 2.75) is 38.5 Å². The second-order valence-corrected chi connectivity index (χ2v) is 8.22. The zero-order chi connectivity index (χ0) is 20.8. The van der Waals surface area contributed by atoms with Crippen LogP contribution in [0.4, 0.5) is 0 Å². The summed E-state index contributed by atoms with van der Waals surface area (Å²) in [5.41, 5.74) is 2.91. The number of nitrogens with zero attached hydrogens (tertiary/aromatic N) is 3. The molecule has 1 atom stereocenters. The molecule has 1 N–H and O–H groups in total. The number of likely N-dealkylation sites (tertiary alicyclic amines) is 1. The third-order valence-corrected chi connectivity index (χ3v) is 5.48. The molecule has 6 nitrogen and oxygen atoms in total. The molecule has 3 aromatic rings. The van der Waals surface area contributed by atoms with Crippen molar-refractivity contribution >= 4 is 11.1 Å². The number of β-amino-alcohol motifs (C(OH)–C–C–N with tert-alkyl or cyclic N) is 1. The maximum Gasteiger partial charge on any atom is 0.209 e. The van der Waals surface area contributed by atoms with Crippen LogP contribution in [-0.2, 0) is 13.1 Å². The predicted octanol–water partition coefficient (Wildman–Crippen LogP) is 3.69. The molecule has 0 bridgehead atoms. The van der Waals surface area contributed by atoms with Crippen LogP contribution in [0.25, 0.3) is 11.1 Å². The second-order valence-electron chi connectivity index (χ2n) is 8.22. The van der Waals surface area contributed by atoms with Crippen LogP contribution in [0.5, 0.6) is 5.75 Å². The summed E-state index contributed by atoms with van der Waals surface area (Å²) in [5.74, 6) is 1.51. The molecule has 1 aliphatic heterocycles. The van der Waals surface area contributed by atoms with E-state index in [2.05, 4.69) is 34.0 Å². The third kappa shape index (κ3) is 5.81. The lowest BCUT2D eigenvalue weighted by atomic mass is 10.1. The van der Waals surface area contributed by atoms with E-state index in [0.717, 1.165) is 42.4 Å². The van der Waals surface area contributed by atoms with Crippen LogP contribution >= 0.6 is 0 Å². The van der Waals surface area contributed by atoms with Crippen LogP contribution in [0.15, 0.2) is 52.9 Å². The maximum atomic E-state index is 10.2. The standard InChI is InChI=1S/C24H31N3O3/c1-26(17-24-25-22-7-3-4-8-23(22)30-24)15-19-9-11-21(12-10-19)29-18-20(28)16-27-13-5-2-6-14-27/h3-4,7-12,20,28H,2,5-6,13-18H2,1H3/t20-/m0/s1. The summed E-state index contributed by atoms with van der Waals surface area (Å²) < 4.78 is 11.6. The molecule has 1 saturated heterocycles. The summed E-state index contributed by atoms with van der Waals surface area (Å²) >= 11 is 0. The Labute approximate surface area is 178 Å². The quantitative estimate of drug-likeness (QED) is 0.582. The molecule has 1 fully saturated rings. The summed E-state index contributed by atoms with van der Waals surface area (Å²) in [5, 5.41) is 10.2. The largest absolute Gasteiger partial charge is 0.491 e. The number of oxazole rings is 1. The zero-order valence-corrected chi connectivity index (χ0v) is 17.7. The number of aliphatic hydroxyl groups excluding tert-OH is 1. The first-order valence-electron chi connectivity index (χ1n) is 10.8. The molecular formula is C24H31N3O3. The number of para-hydroxylation sites is 2. The minimum atomic E-state index is -0.454. The summed E-state index contributed by atoms with van der Waals surface area (Å²) in [6.45, 7) is 4.63. The molecule has 1 aromatic heterocycles. The van der Waals surface area contributed by atoms with Gasteiger partial charge >= 0.3 is 0 Å². The Kier molecular flexibility index (Phi) is 7.00. The van der Waals surface area contributed by atoms with E-state index in [4.69, 9.17) is 9.15 Å². The van der Waals surface area contributed by atoms with Crippen molar-refractivity contribution < 1.29 is 14.3 Å². The van der Waals surface area contributed by atoms with Crippen LogP contribution in [0, 0.1) is 0 Å². The predicted molar refractivity (Wildman–Crippen MR) is 117 cm³/mol. The zero-order valence-electron chi connectivity index (χ0n) is 17.7. The van der Waals surface area contributed by atoms with Crippen molar-refractivity contribution in [3.8, 4) is 5.75 Å². The van der Waals surface area contributed by atoms with Gasteiger partial charge in [-0.15, -0.1) is 0 Å². The molecule has 0 radical (unpaired) electrons. The van der Waals surface area contributed by atoms with E-state index >= 15 is 0 Å². The minimum absolute atomic E-state index is 0.327. The fraction of sp³-hybridized carbons (Fsp3) is 0.458. The summed E-state index contributed by atoms with van der Waals surface area (Å²) in [6.07, 6.45) is 3.32. The van der Waals surface area contributed by atoms with Crippen molar-refractivity contribution in [1.29, 1.82) is 0 Å². The van der Waals surface area contributed by atoms with Gasteiger partial charge < -0.3 is 19.2 Å². The van der Waals surface area contributed by atoms with Crippen LogP contribution in [0.1, 0.15) is 30.7 Å². The number of ether oxygens (including phenoxy) is 1. The molecule has 0 saturated carbocycles. The topological polar surface area (TPSA) is 62.0 Å². The highest BCUT2D eigenvalue weighted by Crippen LogP contribution is 2.18. The molecule has 0 unspecified atom stereocenters. The first-order chi connectivity index (χ1) is 14.7. The Balaban J connectivity index is 1.22. The molecular weight excluding hydrogens is 378 g/mol. The van der Waals surface area contributed by atoms with Crippen molar-refractivity contribution in [3.05, 3.63) is 60.0 Å². The van der Waals surface area contributed by atoms with Gasteiger partial charge in [-0.1, -0.05) is 30.7 Å². The van der Waals surface area contributed by atoms with Crippen molar-refractivity contribution in [1.82, 2.24) is 14.8 Å². The van der Waals surface area contributed by atoms with Crippen molar-refractivity contribution in [3.63, 3.8) is 0 Å². The molecule has 0 amide bonds. The Morgan fingerprint density at radius 2 is 1.83 bits per heavy atom. The van der Waals surface area contributed by atoms with Gasteiger partial charge in [-0.25, -0.2) is 4.98 Å². The second kappa shape index (κ2) is 10.1. The smallest absolute Gasteiger partial charge is 0.209 e. The lowest BCUT2D eigenvalue weighted by Gasteiger charge is -2.28. The molecule has 160 valence electrons. The summed E-state index contributed by atoms with van der Waals surface area (Å²) in [7, 11) is 2.05. The van der Waals surface area contributed by atoms with Crippen LogP contribution in [-0.4, -0.2) is 59.3 Å². The lowest BCUT2D eigenvalue weighted by molar-refractivity contribution is 0.0617. The van der Waals surface area contributed by atoms with Gasteiger partial charge in [0, 0.05) is 13.1 Å². The van der Waals surface area contributed by atoms with Crippen molar-refractivity contribution in [2.75, 3.05) is 33.3 Å². The number of piperidine rings is 1. The van der Waals surface area contributed by atoms with E-state index in [9.17, 15) is 5.11 Å². The van der Waals surface area contributed by atoms with Gasteiger partial charge in [0.05, 0.1) is 6.54 Å². The molecule has 2 aromatic carbocycles. The maximum absolute atomic E-state index is 10.2. The van der Waals surface area contributed by atoms with Gasteiger partial charge in [0.25, 0.3) is 0 Å². The molecule has 4 rings (SSSR count). The summed E-state index contributed by atoms with van der Waals surface area (Å²) in [4.78, 5) is 9.03. The van der Waals surface area contributed by atoms with E-state index in [1.54, 1.807) is 0 Å². The van der Waals surface area contributed by atoms with E-state index in [0.29, 0.717) is 19.7 Å². The molecule has 30 heavy (non-hydrogen) atoms. The number of aliphatic hydroxyl groups is 1. The number of fused-ring (bicyclic) bond motifs is 1. The Bertz CT molecular complexity index is 886. The van der Waals surface area contributed by atoms with E-state index in [1.165, 1.54) is 24.8 Å². The third-order valence-electron chi connectivity index (χ3n) is 5.48. The van der Waals surface area contributed by atoms with E-state index < -0.39 is 6.10 Å². The normalized spacial score (nSPS) is 16.2. The van der Waals surface area contributed by atoms with Crippen LogP contribution in [0.3, 0.4) is 0 Å². The average molecular weight is 410 g/mol. The van der Waals surface area contributed by atoms with Gasteiger partial charge in [0.2, 0.25) is 5.89 Å². The number of rotatable bonds is 9. The van der Waals surface area contributed by atoms with Gasteiger partial charge in [-0.05, 0) is 62.8 Å². The molecule has 0 spiro atoms. The van der Waals surface area contributed by atoms with Crippen LogP contribution in [0.2, 0.25) is 0 Å². The lowest BCUT2D eigenvalue weighted by Crippen LogP contribution is -2.38. The number of hydrogen-bond donors (Lipinski definition) is 1. The molecule has 1 aliphatic rings. The van der Waals surface area contributed by atoms with Gasteiger partial charge in [0.1, 0.15) is 24.0 Å². The van der Waals surface area contributed by atoms with Gasteiger partial charge in [-0.3, -0.25) is 4.90 Å². The number of aromatic nitrogens is 1. The highest BCUT2D eigenvalue weighted by Gasteiger charge is 2.15. The first-order valence-corrected chi connectivity index (χ1v) is 10.8. The monoisotopic (exact) mass is 409 g/mol. The molecule has 2 heterocycles. The molecule has 0 aliphatic carbocycles. The number of benzene rings is 2. The van der Waals surface area contributed by atoms with Crippen LogP contribution < -0.4 is 4.74 Å². The fourth-order valence-electron chi connectivity index (χ4n) is 3.96. The Hall–Kier alpha value is -2.41.